The Hall–Kier alpha value is -0.650. The molecule has 0 spiro atoms. The largest absolute Gasteiger partial charge is 0.481 e. The van der Waals surface area contributed by atoms with Gasteiger partial charge in [0.1, 0.15) is 0 Å². The van der Waals surface area contributed by atoms with E-state index in [1.54, 1.807) is 7.11 Å². The van der Waals surface area contributed by atoms with E-state index in [1.165, 1.54) is 12.8 Å². The summed E-state index contributed by atoms with van der Waals surface area (Å²) in [5.41, 5.74) is 0. The maximum Gasteiger partial charge on any atom is 0.305 e. The fourth-order valence-electron chi connectivity index (χ4n) is 3.21. The van der Waals surface area contributed by atoms with Gasteiger partial charge in [-0.1, -0.05) is 12.8 Å². The molecule has 1 aliphatic carbocycles. The first kappa shape index (κ1) is 13.8. The summed E-state index contributed by atoms with van der Waals surface area (Å²) in [7, 11) is 1.76. The van der Waals surface area contributed by atoms with Crippen LogP contribution < -0.4 is 0 Å². The van der Waals surface area contributed by atoms with Crippen molar-refractivity contribution < 1.29 is 19.4 Å². The molecule has 18 heavy (non-hydrogen) atoms. The van der Waals surface area contributed by atoms with Crippen LogP contribution in [-0.2, 0) is 14.3 Å². The molecule has 5 nitrogen and oxygen atoms in total. The molecule has 2 aliphatic rings. The first-order valence-corrected chi connectivity index (χ1v) is 6.80. The second-order valence-corrected chi connectivity index (χ2v) is 5.19. The number of hydrogen-bond donors (Lipinski definition) is 1. The average Bonchev–Trinajstić information content (AvgIpc) is 2.39. The molecular formula is C13H23NO4. The van der Waals surface area contributed by atoms with Crippen LogP contribution in [0, 0.1) is 0 Å². The zero-order valence-corrected chi connectivity index (χ0v) is 11.0. The SMILES string of the molecule is COC1CCCCC1N1CCOCC1CC(=O)O. The number of morpholine rings is 1. The standard InChI is InChI=1S/C13H23NO4/c1-17-12-5-3-2-4-11(12)14-6-7-18-9-10(14)8-13(15)16/h10-12H,2-9H2,1H3,(H,15,16). The summed E-state index contributed by atoms with van der Waals surface area (Å²) in [6, 6.07) is 0.356. The van der Waals surface area contributed by atoms with Crippen molar-refractivity contribution in [3.05, 3.63) is 0 Å². The van der Waals surface area contributed by atoms with Crippen molar-refractivity contribution in [3.8, 4) is 0 Å². The van der Waals surface area contributed by atoms with Gasteiger partial charge >= 0.3 is 5.97 Å². The molecular weight excluding hydrogens is 234 g/mol. The molecule has 2 fully saturated rings. The smallest absolute Gasteiger partial charge is 0.305 e. The molecule has 1 N–H and O–H groups in total. The molecule has 0 radical (unpaired) electrons. The maximum absolute atomic E-state index is 10.9. The molecule has 1 aliphatic heterocycles. The molecule has 0 aromatic rings. The van der Waals surface area contributed by atoms with Crippen LogP contribution in [0.15, 0.2) is 0 Å². The second-order valence-electron chi connectivity index (χ2n) is 5.19. The molecule has 0 aromatic heterocycles. The van der Waals surface area contributed by atoms with Crippen molar-refractivity contribution in [1.29, 1.82) is 0 Å². The van der Waals surface area contributed by atoms with E-state index in [0.717, 1.165) is 19.4 Å². The summed E-state index contributed by atoms with van der Waals surface area (Å²) in [6.45, 7) is 2.05. The minimum absolute atomic E-state index is 0.00278. The molecule has 0 aromatic carbocycles. The van der Waals surface area contributed by atoms with Crippen LogP contribution in [0.5, 0.6) is 0 Å². The van der Waals surface area contributed by atoms with Crippen LogP contribution in [0.1, 0.15) is 32.1 Å². The first-order chi connectivity index (χ1) is 8.72. The van der Waals surface area contributed by atoms with E-state index < -0.39 is 5.97 Å². The van der Waals surface area contributed by atoms with Crippen LogP contribution >= 0.6 is 0 Å². The first-order valence-electron chi connectivity index (χ1n) is 6.80. The zero-order valence-electron chi connectivity index (χ0n) is 11.0. The molecule has 2 rings (SSSR count). The van der Waals surface area contributed by atoms with E-state index >= 15 is 0 Å². The third kappa shape index (κ3) is 3.22. The van der Waals surface area contributed by atoms with Gasteiger partial charge in [-0.15, -0.1) is 0 Å². The molecule has 3 unspecified atom stereocenters. The van der Waals surface area contributed by atoms with Crippen molar-refractivity contribution in [2.24, 2.45) is 0 Å². The summed E-state index contributed by atoms with van der Waals surface area (Å²) >= 11 is 0. The summed E-state index contributed by atoms with van der Waals surface area (Å²) in [5, 5.41) is 8.99. The minimum atomic E-state index is -0.750. The van der Waals surface area contributed by atoms with E-state index in [4.69, 9.17) is 14.6 Å². The summed E-state index contributed by atoms with van der Waals surface area (Å²) in [5.74, 6) is -0.750. The highest BCUT2D eigenvalue weighted by atomic mass is 16.5. The number of ether oxygens (including phenoxy) is 2. The van der Waals surface area contributed by atoms with Crippen LogP contribution in [-0.4, -0.2) is 61.0 Å². The van der Waals surface area contributed by atoms with Gasteiger partial charge in [0.15, 0.2) is 0 Å². The fourth-order valence-corrected chi connectivity index (χ4v) is 3.21. The number of carboxylic acids is 1. The molecule has 0 amide bonds. The average molecular weight is 257 g/mol. The summed E-state index contributed by atoms with van der Waals surface area (Å²) in [4.78, 5) is 13.2. The topological polar surface area (TPSA) is 59.0 Å². The Morgan fingerprint density at radius 1 is 1.44 bits per heavy atom. The molecule has 3 atom stereocenters. The Bertz CT molecular complexity index is 284. The van der Waals surface area contributed by atoms with Gasteiger partial charge in [0.2, 0.25) is 0 Å². The van der Waals surface area contributed by atoms with E-state index in [2.05, 4.69) is 4.90 Å². The molecule has 1 heterocycles. The Balaban J connectivity index is 2.04. The van der Waals surface area contributed by atoms with Crippen molar-refractivity contribution in [2.45, 2.75) is 50.3 Å². The highest BCUT2D eigenvalue weighted by Crippen LogP contribution is 2.28. The van der Waals surface area contributed by atoms with Gasteiger partial charge in [-0.3, -0.25) is 9.69 Å². The van der Waals surface area contributed by atoms with E-state index in [9.17, 15) is 4.79 Å². The van der Waals surface area contributed by atoms with Crippen LogP contribution in [0.2, 0.25) is 0 Å². The number of hydrogen-bond acceptors (Lipinski definition) is 4. The highest BCUT2D eigenvalue weighted by Gasteiger charge is 2.36. The van der Waals surface area contributed by atoms with Crippen LogP contribution in [0.4, 0.5) is 0 Å². The lowest BCUT2D eigenvalue weighted by Gasteiger charge is -2.45. The number of nitrogens with zero attached hydrogens (tertiary/aromatic N) is 1. The van der Waals surface area contributed by atoms with Crippen molar-refractivity contribution in [2.75, 3.05) is 26.9 Å². The van der Waals surface area contributed by atoms with Gasteiger partial charge in [-0.05, 0) is 12.8 Å². The Morgan fingerprint density at radius 3 is 2.94 bits per heavy atom. The van der Waals surface area contributed by atoms with Crippen LogP contribution in [0.3, 0.4) is 0 Å². The fraction of sp³-hybridized carbons (Fsp3) is 0.923. The lowest BCUT2D eigenvalue weighted by atomic mass is 9.89. The van der Waals surface area contributed by atoms with E-state index in [0.29, 0.717) is 19.3 Å². The van der Waals surface area contributed by atoms with Crippen molar-refractivity contribution in [1.82, 2.24) is 4.90 Å². The number of carboxylic acid groups (broad SMARTS) is 1. The Morgan fingerprint density at radius 2 is 2.22 bits per heavy atom. The summed E-state index contributed by atoms with van der Waals surface area (Å²) < 4.78 is 11.0. The summed E-state index contributed by atoms with van der Waals surface area (Å²) in [6.07, 6.45) is 5.01. The lowest BCUT2D eigenvalue weighted by molar-refractivity contribution is -0.142. The second kappa shape index (κ2) is 6.50. The molecule has 104 valence electrons. The lowest BCUT2D eigenvalue weighted by Crippen LogP contribution is -2.56. The third-order valence-electron chi connectivity index (χ3n) is 4.08. The number of aliphatic carboxylic acids is 1. The molecule has 1 saturated heterocycles. The van der Waals surface area contributed by atoms with Crippen LogP contribution in [0.25, 0.3) is 0 Å². The zero-order chi connectivity index (χ0) is 13.0. The quantitative estimate of drug-likeness (QED) is 0.818. The molecule has 5 heteroatoms. The Kier molecular flexibility index (Phi) is 4.97. The number of methoxy groups -OCH3 is 1. The van der Waals surface area contributed by atoms with Gasteiger partial charge in [0.25, 0.3) is 0 Å². The molecule has 0 bridgehead atoms. The van der Waals surface area contributed by atoms with Gasteiger partial charge < -0.3 is 14.6 Å². The van der Waals surface area contributed by atoms with Crippen molar-refractivity contribution >= 4 is 5.97 Å². The minimum Gasteiger partial charge on any atom is -0.481 e. The van der Waals surface area contributed by atoms with Gasteiger partial charge in [0.05, 0.1) is 25.7 Å². The van der Waals surface area contributed by atoms with Gasteiger partial charge in [-0.25, -0.2) is 0 Å². The monoisotopic (exact) mass is 257 g/mol. The van der Waals surface area contributed by atoms with E-state index in [1.807, 2.05) is 0 Å². The van der Waals surface area contributed by atoms with Crippen molar-refractivity contribution in [3.63, 3.8) is 0 Å². The Labute approximate surface area is 108 Å². The predicted octanol–water partition coefficient (Wildman–Crippen LogP) is 1.12. The predicted molar refractivity (Wildman–Crippen MR) is 66.6 cm³/mol. The highest BCUT2D eigenvalue weighted by molar-refractivity contribution is 5.67. The van der Waals surface area contributed by atoms with E-state index in [-0.39, 0.29) is 18.6 Å². The molecule has 1 saturated carbocycles. The van der Waals surface area contributed by atoms with Gasteiger partial charge in [-0.2, -0.15) is 0 Å². The third-order valence-corrected chi connectivity index (χ3v) is 4.08. The van der Waals surface area contributed by atoms with Gasteiger partial charge in [0, 0.05) is 25.7 Å². The number of rotatable bonds is 4. The number of carbonyl (C=O) groups is 1. The normalized spacial score (nSPS) is 34.4. The maximum atomic E-state index is 10.9.